The lowest BCUT2D eigenvalue weighted by atomic mass is 9.85. The van der Waals surface area contributed by atoms with Gasteiger partial charge in [-0.25, -0.2) is 8.78 Å². The molecule has 5 nitrogen and oxygen atoms in total. The first kappa shape index (κ1) is 14.3. The average molecular weight is 275 g/mol. The molecule has 2 atom stereocenters. The second-order valence-electron chi connectivity index (χ2n) is 5.15. The highest BCUT2D eigenvalue weighted by Crippen LogP contribution is 2.38. The molecule has 2 N–H and O–H groups in total. The predicted octanol–water partition coefficient (Wildman–Crippen LogP) is 1.66. The summed E-state index contributed by atoms with van der Waals surface area (Å²) in [5.41, 5.74) is 5.80. The lowest BCUT2D eigenvalue weighted by molar-refractivity contribution is 0.0182. The Morgan fingerprint density at radius 1 is 1.58 bits per heavy atom. The molecule has 1 heterocycles. The van der Waals surface area contributed by atoms with Crippen molar-refractivity contribution in [1.29, 1.82) is 0 Å². The Hall–Kier alpha value is -1.08. The Labute approximate surface area is 110 Å². The van der Waals surface area contributed by atoms with Crippen molar-refractivity contribution in [2.24, 2.45) is 5.73 Å². The average Bonchev–Trinajstić information content (AvgIpc) is 2.94. The summed E-state index contributed by atoms with van der Waals surface area (Å²) < 4.78 is 33.8. The standard InChI is InChI=1S/C12H19F2N3O2/c1-12(5-2-3-8(12)15)11-16-10(17-19-11)4-6-18-7-9(13)14/h8-9H,2-7,15H2,1H3. The minimum absolute atomic E-state index is 0.0240. The number of nitrogens with zero attached hydrogens (tertiary/aromatic N) is 2. The van der Waals surface area contributed by atoms with Crippen LogP contribution >= 0.6 is 0 Å². The summed E-state index contributed by atoms with van der Waals surface area (Å²) in [6, 6.07) is 0.0240. The van der Waals surface area contributed by atoms with Crippen molar-refractivity contribution in [2.75, 3.05) is 13.2 Å². The molecule has 7 heteroatoms. The van der Waals surface area contributed by atoms with E-state index in [1.54, 1.807) is 0 Å². The zero-order chi connectivity index (χ0) is 13.9. The first-order valence-corrected chi connectivity index (χ1v) is 6.47. The van der Waals surface area contributed by atoms with Crippen LogP contribution in [-0.4, -0.2) is 35.8 Å². The summed E-state index contributed by atoms with van der Waals surface area (Å²) >= 11 is 0. The molecule has 1 aliphatic rings. The quantitative estimate of drug-likeness (QED) is 0.799. The zero-order valence-electron chi connectivity index (χ0n) is 10.9. The maximum Gasteiger partial charge on any atom is 0.261 e. The highest BCUT2D eigenvalue weighted by atomic mass is 19.3. The molecule has 19 heavy (non-hydrogen) atoms. The Bertz CT molecular complexity index is 413. The van der Waals surface area contributed by atoms with Gasteiger partial charge in [0.25, 0.3) is 6.43 Å². The monoisotopic (exact) mass is 275 g/mol. The molecule has 0 amide bonds. The first-order chi connectivity index (χ1) is 9.02. The van der Waals surface area contributed by atoms with Crippen molar-refractivity contribution >= 4 is 0 Å². The lowest BCUT2D eigenvalue weighted by Gasteiger charge is -2.23. The fraction of sp³-hybridized carbons (Fsp3) is 0.833. The van der Waals surface area contributed by atoms with Crippen LogP contribution < -0.4 is 5.73 Å². The molecule has 1 aliphatic carbocycles. The maximum atomic E-state index is 11.9. The molecule has 108 valence electrons. The van der Waals surface area contributed by atoms with E-state index in [4.69, 9.17) is 15.0 Å². The molecular weight excluding hydrogens is 256 g/mol. The van der Waals surface area contributed by atoms with Crippen LogP contribution in [-0.2, 0) is 16.6 Å². The largest absolute Gasteiger partial charge is 0.375 e. The van der Waals surface area contributed by atoms with Gasteiger partial charge < -0.3 is 15.0 Å². The third kappa shape index (κ3) is 3.27. The number of rotatable bonds is 6. The molecule has 2 unspecified atom stereocenters. The van der Waals surface area contributed by atoms with E-state index in [9.17, 15) is 8.78 Å². The van der Waals surface area contributed by atoms with E-state index < -0.39 is 13.0 Å². The van der Waals surface area contributed by atoms with Gasteiger partial charge in [-0.05, 0) is 19.8 Å². The van der Waals surface area contributed by atoms with Gasteiger partial charge in [-0.15, -0.1) is 0 Å². The maximum absolute atomic E-state index is 11.9. The summed E-state index contributed by atoms with van der Waals surface area (Å²) in [4.78, 5) is 4.31. The van der Waals surface area contributed by atoms with E-state index in [2.05, 4.69) is 10.1 Å². The molecule has 1 aromatic rings. The minimum atomic E-state index is -2.45. The number of alkyl halides is 2. The van der Waals surface area contributed by atoms with Gasteiger partial charge in [0.05, 0.1) is 12.0 Å². The van der Waals surface area contributed by atoms with Crippen LogP contribution in [0, 0.1) is 0 Å². The van der Waals surface area contributed by atoms with E-state index in [-0.39, 0.29) is 18.1 Å². The topological polar surface area (TPSA) is 74.2 Å². The van der Waals surface area contributed by atoms with Crippen molar-refractivity contribution in [3.63, 3.8) is 0 Å². The van der Waals surface area contributed by atoms with E-state index in [0.717, 1.165) is 19.3 Å². The Kier molecular flexibility index (Phi) is 4.46. The predicted molar refractivity (Wildman–Crippen MR) is 64.0 cm³/mol. The molecule has 0 saturated heterocycles. The van der Waals surface area contributed by atoms with Gasteiger partial charge in [-0.1, -0.05) is 11.6 Å². The molecule has 0 bridgehead atoms. The van der Waals surface area contributed by atoms with Crippen LogP contribution in [0.4, 0.5) is 8.78 Å². The highest BCUT2D eigenvalue weighted by Gasteiger charge is 2.42. The number of hydrogen-bond donors (Lipinski definition) is 1. The van der Waals surface area contributed by atoms with Crippen LogP contribution in [0.25, 0.3) is 0 Å². The highest BCUT2D eigenvalue weighted by molar-refractivity contribution is 5.11. The molecular formula is C12H19F2N3O2. The number of aromatic nitrogens is 2. The third-order valence-corrected chi connectivity index (χ3v) is 3.70. The summed E-state index contributed by atoms with van der Waals surface area (Å²) in [5.74, 6) is 1.02. The van der Waals surface area contributed by atoms with Gasteiger partial charge in [0.1, 0.15) is 6.61 Å². The summed E-state index contributed by atoms with van der Waals surface area (Å²) in [6.07, 6.45) is 0.842. The van der Waals surface area contributed by atoms with Gasteiger partial charge in [0.2, 0.25) is 5.89 Å². The number of hydrogen-bond acceptors (Lipinski definition) is 5. The van der Waals surface area contributed by atoms with Crippen LogP contribution in [0.3, 0.4) is 0 Å². The lowest BCUT2D eigenvalue weighted by Crippen LogP contribution is -2.38. The van der Waals surface area contributed by atoms with Crippen molar-refractivity contribution in [2.45, 2.75) is 50.5 Å². The van der Waals surface area contributed by atoms with Gasteiger partial charge >= 0.3 is 0 Å². The molecule has 1 aromatic heterocycles. The van der Waals surface area contributed by atoms with E-state index in [1.807, 2.05) is 6.92 Å². The molecule has 0 spiro atoms. The smallest absolute Gasteiger partial charge is 0.261 e. The van der Waals surface area contributed by atoms with E-state index in [0.29, 0.717) is 18.1 Å². The second kappa shape index (κ2) is 5.92. The third-order valence-electron chi connectivity index (χ3n) is 3.70. The van der Waals surface area contributed by atoms with Gasteiger partial charge in [0, 0.05) is 12.5 Å². The molecule has 0 radical (unpaired) electrons. The molecule has 1 fully saturated rings. The summed E-state index contributed by atoms with van der Waals surface area (Å²) in [5, 5.41) is 3.85. The summed E-state index contributed by atoms with van der Waals surface area (Å²) in [6.45, 7) is 1.62. The number of halogens is 2. The van der Waals surface area contributed by atoms with Gasteiger partial charge in [-0.2, -0.15) is 4.98 Å². The molecule has 1 saturated carbocycles. The minimum Gasteiger partial charge on any atom is -0.375 e. The fourth-order valence-electron chi connectivity index (χ4n) is 2.38. The SMILES string of the molecule is CC1(c2nc(CCOCC(F)F)no2)CCCC1N. The Balaban J connectivity index is 1.88. The Morgan fingerprint density at radius 3 is 3.00 bits per heavy atom. The van der Waals surface area contributed by atoms with Crippen LogP contribution in [0.5, 0.6) is 0 Å². The second-order valence-corrected chi connectivity index (χ2v) is 5.15. The van der Waals surface area contributed by atoms with E-state index >= 15 is 0 Å². The Morgan fingerprint density at radius 2 is 2.37 bits per heavy atom. The van der Waals surface area contributed by atoms with Crippen molar-refractivity contribution in [1.82, 2.24) is 10.1 Å². The molecule has 0 aromatic carbocycles. The normalized spacial score (nSPS) is 27.3. The van der Waals surface area contributed by atoms with Gasteiger partial charge in [-0.3, -0.25) is 0 Å². The van der Waals surface area contributed by atoms with Crippen molar-refractivity contribution in [3.05, 3.63) is 11.7 Å². The van der Waals surface area contributed by atoms with E-state index in [1.165, 1.54) is 0 Å². The van der Waals surface area contributed by atoms with Crippen LogP contribution in [0.2, 0.25) is 0 Å². The van der Waals surface area contributed by atoms with Crippen molar-refractivity contribution in [3.8, 4) is 0 Å². The number of nitrogens with two attached hydrogens (primary N) is 1. The van der Waals surface area contributed by atoms with Gasteiger partial charge in [0.15, 0.2) is 5.82 Å². The van der Waals surface area contributed by atoms with Crippen LogP contribution in [0.15, 0.2) is 4.52 Å². The molecule has 2 rings (SSSR count). The van der Waals surface area contributed by atoms with Crippen LogP contribution in [0.1, 0.15) is 37.9 Å². The first-order valence-electron chi connectivity index (χ1n) is 6.47. The zero-order valence-corrected chi connectivity index (χ0v) is 10.9. The number of ether oxygens (including phenoxy) is 1. The van der Waals surface area contributed by atoms with Crippen molar-refractivity contribution < 1.29 is 18.0 Å². The fourth-order valence-corrected chi connectivity index (χ4v) is 2.38. The summed E-state index contributed by atoms with van der Waals surface area (Å²) in [7, 11) is 0. The molecule has 0 aliphatic heterocycles.